The molecule has 0 saturated heterocycles. The second kappa shape index (κ2) is 3.67. The molecule has 0 fully saturated rings. The van der Waals surface area contributed by atoms with Crippen LogP contribution in [0.15, 0.2) is 18.3 Å². The van der Waals surface area contributed by atoms with Crippen LogP contribution in [0, 0.1) is 0 Å². The lowest BCUT2D eigenvalue weighted by Crippen LogP contribution is -2.16. The fourth-order valence-corrected chi connectivity index (χ4v) is 1.02. The maximum Gasteiger partial charge on any atom is 0.0780 e. The molecule has 0 radical (unpaired) electrons. The van der Waals surface area contributed by atoms with Gasteiger partial charge in [0.25, 0.3) is 0 Å². The van der Waals surface area contributed by atoms with E-state index in [2.05, 4.69) is 4.98 Å². The second-order valence-corrected chi connectivity index (χ2v) is 2.57. The number of aliphatic hydroxyl groups is 1. The van der Waals surface area contributed by atoms with Gasteiger partial charge in [-0.1, -0.05) is 11.6 Å². The minimum atomic E-state index is -0.483. The molecule has 0 aliphatic carbocycles. The first-order valence-corrected chi connectivity index (χ1v) is 3.60. The van der Waals surface area contributed by atoms with E-state index in [0.717, 1.165) is 0 Å². The molecule has 60 valence electrons. The third-order valence-electron chi connectivity index (χ3n) is 1.33. The van der Waals surface area contributed by atoms with Crippen molar-refractivity contribution in [3.8, 4) is 0 Å². The third kappa shape index (κ3) is 1.89. The Labute approximate surface area is 69.8 Å². The number of nitrogens with zero attached hydrogens (tertiary/aromatic N) is 1. The Hall–Kier alpha value is -0.640. The van der Waals surface area contributed by atoms with Crippen molar-refractivity contribution in [1.82, 2.24) is 4.98 Å². The van der Waals surface area contributed by atoms with Crippen LogP contribution >= 0.6 is 11.6 Å². The van der Waals surface area contributed by atoms with Gasteiger partial charge in [0.05, 0.1) is 23.4 Å². The van der Waals surface area contributed by atoms with Crippen LogP contribution in [-0.2, 0) is 0 Å². The SMILES string of the molecule is N[C@@H](CO)c1ncccc1Cl. The summed E-state index contributed by atoms with van der Waals surface area (Å²) in [7, 11) is 0. The number of hydrogen-bond acceptors (Lipinski definition) is 3. The van der Waals surface area contributed by atoms with Crippen molar-refractivity contribution >= 4 is 11.6 Å². The fourth-order valence-electron chi connectivity index (χ4n) is 0.757. The van der Waals surface area contributed by atoms with Gasteiger partial charge >= 0.3 is 0 Å². The Morgan fingerprint density at radius 3 is 3.00 bits per heavy atom. The molecule has 1 aromatic heterocycles. The van der Waals surface area contributed by atoms with Crippen LogP contribution in [-0.4, -0.2) is 16.7 Å². The van der Waals surface area contributed by atoms with Crippen molar-refractivity contribution < 1.29 is 5.11 Å². The van der Waals surface area contributed by atoms with E-state index in [-0.39, 0.29) is 6.61 Å². The van der Waals surface area contributed by atoms with Crippen LogP contribution in [0.4, 0.5) is 0 Å². The molecule has 1 aromatic rings. The molecular weight excluding hydrogens is 164 g/mol. The van der Waals surface area contributed by atoms with Crippen molar-refractivity contribution in [2.75, 3.05) is 6.61 Å². The van der Waals surface area contributed by atoms with Gasteiger partial charge < -0.3 is 10.8 Å². The topological polar surface area (TPSA) is 59.1 Å². The van der Waals surface area contributed by atoms with Gasteiger partial charge in [-0.3, -0.25) is 4.98 Å². The van der Waals surface area contributed by atoms with Gasteiger partial charge in [-0.05, 0) is 12.1 Å². The Kier molecular flexibility index (Phi) is 2.82. The first kappa shape index (κ1) is 8.46. The Balaban J connectivity index is 2.93. The van der Waals surface area contributed by atoms with E-state index in [1.54, 1.807) is 18.3 Å². The van der Waals surface area contributed by atoms with Gasteiger partial charge in [-0.2, -0.15) is 0 Å². The van der Waals surface area contributed by atoms with Crippen molar-refractivity contribution in [3.63, 3.8) is 0 Å². The number of aromatic nitrogens is 1. The van der Waals surface area contributed by atoms with Crippen LogP contribution in [0.2, 0.25) is 5.02 Å². The molecule has 0 spiro atoms. The van der Waals surface area contributed by atoms with Gasteiger partial charge in [0, 0.05) is 6.20 Å². The first-order chi connectivity index (χ1) is 5.25. The van der Waals surface area contributed by atoms with Crippen molar-refractivity contribution in [3.05, 3.63) is 29.0 Å². The van der Waals surface area contributed by atoms with Gasteiger partial charge in [-0.25, -0.2) is 0 Å². The van der Waals surface area contributed by atoms with E-state index in [0.29, 0.717) is 10.7 Å². The summed E-state index contributed by atoms with van der Waals surface area (Å²) in [5.74, 6) is 0. The molecule has 0 aromatic carbocycles. The smallest absolute Gasteiger partial charge is 0.0780 e. The summed E-state index contributed by atoms with van der Waals surface area (Å²) in [5, 5.41) is 9.18. The average Bonchev–Trinajstić information content (AvgIpc) is 2.04. The zero-order valence-electron chi connectivity index (χ0n) is 5.87. The summed E-state index contributed by atoms with van der Waals surface area (Å²) in [4.78, 5) is 3.93. The zero-order valence-corrected chi connectivity index (χ0v) is 6.62. The quantitative estimate of drug-likeness (QED) is 0.692. The molecule has 0 bridgehead atoms. The normalized spacial score (nSPS) is 13.0. The van der Waals surface area contributed by atoms with E-state index >= 15 is 0 Å². The Bertz CT molecular complexity index is 242. The molecule has 1 atom stereocenters. The molecule has 3 N–H and O–H groups in total. The standard InChI is InChI=1S/C7H9ClN2O/c8-5-2-1-3-10-7(5)6(9)4-11/h1-3,6,11H,4,9H2/t6-/m0/s1. The number of hydrogen-bond donors (Lipinski definition) is 2. The lowest BCUT2D eigenvalue weighted by molar-refractivity contribution is 0.266. The molecular formula is C7H9ClN2O. The highest BCUT2D eigenvalue weighted by atomic mass is 35.5. The molecule has 0 aliphatic rings. The van der Waals surface area contributed by atoms with Gasteiger partial charge in [-0.15, -0.1) is 0 Å². The minimum absolute atomic E-state index is 0.142. The number of rotatable bonds is 2. The lowest BCUT2D eigenvalue weighted by Gasteiger charge is -2.07. The number of pyridine rings is 1. The summed E-state index contributed by atoms with van der Waals surface area (Å²) < 4.78 is 0. The third-order valence-corrected chi connectivity index (χ3v) is 1.65. The molecule has 0 saturated carbocycles. The Morgan fingerprint density at radius 2 is 2.45 bits per heavy atom. The van der Waals surface area contributed by atoms with Crippen LogP contribution in [0.25, 0.3) is 0 Å². The molecule has 0 aliphatic heterocycles. The Morgan fingerprint density at radius 1 is 1.73 bits per heavy atom. The minimum Gasteiger partial charge on any atom is -0.394 e. The maximum atomic E-state index is 8.69. The summed E-state index contributed by atoms with van der Waals surface area (Å²) in [6.45, 7) is -0.142. The summed E-state index contributed by atoms with van der Waals surface area (Å²) >= 11 is 5.74. The number of aliphatic hydroxyl groups excluding tert-OH is 1. The second-order valence-electron chi connectivity index (χ2n) is 2.16. The van der Waals surface area contributed by atoms with Crippen molar-refractivity contribution in [2.24, 2.45) is 5.73 Å². The van der Waals surface area contributed by atoms with E-state index in [4.69, 9.17) is 22.4 Å². The van der Waals surface area contributed by atoms with E-state index in [9.17, 15) is 0 Å². The fraction of sp³-hybridized carbons (Fsp3) is 0.286. The monoisotopic (exact) mass is 172 g/mol. The first-order valence-electron chi connectivity index (χ1n) is 3.22. The van der Waals surface area contributed by atoms with Gasteiger partial charge in [0.1, 0.15) is 0 Å². The van der Waals surface area contributed by atoms with Crippen molar-refractivity contribution in [2.45, 2.75) is 6.04 Å². The van der Waals surface area contributed by atoms with Crippen molar-refractivity contribution in [1.29, 1.82) is 0 Å². The van der Waals surface area contributed by atoms with Crippen LogP contribution in [0.1, 0.15) is 11.7 Å². The van der Waals surface area contributed by atoms with Gasteiger partial charge in [0.2, 0.25) is 0 Å². The van der Waals surface area contributed by atoms with Gasteiger partial charge in [0.15, 0.2) is 0 Å². The highest BCUT2D eigenvalue weighted by Crippen LogP contribution is 2.17. The molecule has 11 heavy (non-hydrogen) atoms. The lowest BCUT2D eigenvalue weighted by atomic mass is 10.2. The predicted octanol–water partition coefficient (Wildman–Crippen LogP) is 0.727. The summed E-state index contributed by atoms with van der Waals surface area (Å²) in [6.07, 6.45) is 1.59. The molecule has 1 heterocycles. The molecule has 1 rings (SSSR count). The zero-order chi connectivity index (χ0) is 8.27. The van der Waals surface area contributed by atoms with E-state index < -0.39 is 6.04 Å². The average molecular weight is 173 g/mol. The molecule has 0 amide bonds. The maximum absolute atomic E-state index is 8.69. The van der Waals surface area contributed by atoms with E-state index in [1.165, 1.54) is 0 Å². The predicted molar refractivity (Wildman–Crippen MR) is 43.3 cm³/mol. The number of halogens is 1. The van der Waals surface area contributed by atoms with Crippen LogP contribution in [0.5, 0.6) is 0 Å². The van der Waals surface area contributed by atoms with E-state index in [1.807, 2.05) is 0 Å². The summed E-state index contributed by atoms with van der Waals surface area (Å²) in [5.41, 5.74) is 6.04. The summed E-state index contributed by atoms with van der Waals surface area (Å²) in [6, 6.07) is 2.93. The molecule has 0 unspecified atom stereocenters. The van der Waals surface area contributed by atoms with Crippen LogP contribution in [0.3, 0.4) is 0 Å². The molecule has 3 nitrogen and oxygen atoms in total. The highest BCUT2D eigenvalue weighted by Gasteiger charge is 2.08. The largest absolute Gasteiger partial charge is 0.394 e. The number of nitrogens with two attached hydrogens (primary N) is 1. The molecule has 4 heteroatoms. The van der Waals surface area contributed by atoms with Crippen LogP contribution < -0.4 is 5.73 Å². The highest BCUT2D eigenvalue weighted by molar-refractivity contribution is 6.31.